The zero-order valence-electron chi connectivity index (χ0n) is 12.9. The second kappa shape index (κ2) is 7.55. The molecule has 1 amide bonds. The smallest absolute Gasteiger partial charge is 0.238 e. The van der Waals surface area contributed by atoms with Crippen molar-refractivity contribution in [2.75, 3.05) is 11.9 Å². The van der Waals surface area contributed by atoms with Crippen LogP contribution in [0.3, 0.4) is 0 Å². The van der Waals surface area contributed by atoms with Crippen molar-refractivity contribution in [3.05, 3.63) is 30.1 Å². The molecule has 0 heterocycles. The van der Waals surface area contributed by atoms with Crippen LogP contribution in [0.1, 0.15) is 39.5 Å². The molecule has 0 saturated heterocycles. The third-order valence-electron chi connectivity index (χ3n) is 4.31. The van der Waals surface area contributed by atoms with Crippen LogP contribution >= 0.6 is 0 Å². The topological polar surface area (TPSA) is 41.1 Å². The Bertz CT molecular complexity index is 476. The predicted molar refractivity (Wildman–Crippen MR) is 83.6 cm³/mol. The number of rotatable bonds is 5. The van der Waals surface area contributed by atoms with Gasteiger partial charge in [0.1, 0.15) is 5.82 Å². The third-order valence-corrected chi connectivity index (χ3v) is 4.31. The van der Waals surface area contributed by atoms with Crippen molar-refractivity contribution in [1.82, 2.24) is 5.32 Å². The van der Waals surface area contributed by atoms with Crippen LogP contribution in [0.25, 0.3) is 0 Å². The number of carbonyl (C=O) groups is 1. The third kappa shape index (κ3) is 4.81. The zero-order valence-corrected chi connectivity index (χ0v) is 12.9. The van der Waals surface area contributed by atoms with Crippen molar-refractivity contribution in [1.29, 1.82) is 0 Å². The quantitative estimate of drug-likeness (QED) is 0.871. The first-order chi connectivity index (χ1) is 10.1. The van der Waals surface area contributed by atoms with Gasteiger partial charge in [0.2, 0.25) is 5.91 Å². The number of benzene rings is 1. The summed E-state index contributed by atoms with van der Waals surface area (Å²) in [5.74, 6) is 0.816. The molecule has 21 heavy (non-hydrogen) atoms. The molecule has 1 aromatic rings. The van der Waals surface area contributed by atoms with Gasteiger partial charge in [-0.3, -0.25) is 4.79 Å². The second-order valence-corrected chi connectivity index (χ2v) is 6.24. The van der Waals surface area contributed by atoms with Crippen LogP contribution < -0.4 is 10.6 Å². The first-order valence-electron chi connectivity index (χ1n) is 7.85. The van der Waals surface area contributed by atoms with E-state index < -0.39 is 0 Å². The molecule has 1 aliphatic rings. The standard InChI is InChI=1S/C17H25FN2O/c1-12(2)15-8-3-4-9-16(15)19-11-17(21)20-14-7-5-6-13(18)10-14/h5-7,10,12,15-16,19H,3-4,8-9,11H2,1-2H3,(H,20,21). The Morgan fingerprint density at radius 2 is 2.10 bits per heavy atom. The van der Waals surface area contributed by atoms with Crippen molar-refractivity contribution in [2.24, 2.45) is 11.8 Å². The highest BCUT2D eigenvalue weighted by molar-refractivity contribution is 5.92. The fraction of sp³-hybridized carbons (Fsp3) is 0.588. The molecule has 3 nitrogen and oxygen atoms in total. The number of nitrogens with one attached hydrogen (secondary N) is 2. The van der Waals surface area contributed by atoms with Gasteiger partial charge in [0.05, 0.1) is 6.54 Å². The second-order valence-electron chi connectivity index (χ2n) is 6.24. The van der Waals surface area contributed by atoms with Crippen LogP contribution in [-0.4, -0.2) is 18.5 Å². The number of amides is 1. The zero-order chi connectivity index (χ0) is 15.2. The Morgan fingerprint density at radius 3 is 2.81 bits per heavy atom. The normalized spacial score (nSPS) is 22.3. The lowest BCUT2D eigenvalue weighted by atomic mass is 9.78. The lowest BCUT2D eigenvalue weighted by molar-refractivity contribution is -0.115. The molecule has 0 radical (unpaired) electrons. The van der Waals surface area contributed by atoms with Gasteiger partial charge in [-0.1, -0.05) is 32.8 Å². The van der Waals surface area contributed by atoms with Gasteiger partial charge < -0.3 is 10.6 Å². The van der Waals surface area contributed by atoms with Gasteiger partial charge in [0, 0.05) is 11.7 Å². The minimum Gasteiger partial charge on any atom is -0.325 e. The Morgan fingerprint density at radius 1 is 1.33 bits per heavy atom. The van der Waals surface area contributed by atoms with Crippen molar-refractivity contribution in [2.45, 2.75) is 45.6 Å². The maximum absolute atomic E-state index is 13.1. The molecule has 0 bridgehead atoms. The van der Waals surface area contributed by atoms with E-state index in [0.29, 0.717) is 23.6 Å². The summed E-state index contributed by atoms with van der Waals surface area (Å²) in [5.41, 5.74) is 0.505. The van der Waals surface area contributed by atoms with Gasteiger partial charge in [0.25, 0.3) is 0 Å². The van der Waals surface area contributed by atoms with E-state index in [1.165, 1.54) is 31.4 Å². The summed E-state index contributed by atoms with van der Waals surface area (Å²) in [6, 6.07) is 6.39. The molecule has 2 N–H and O–H groups in total. The Hall–Kier alpha value is -1.42. The van der Waals surface area contributed by atoms with E-state index in [-0.39, 0.29) is 18.3 Å². The van der Waals surface area contributed by atoms with Crippen LogP contribution in [0.2, 0.25) is 0 Å². The molecule has 4 heteroatoms. The SMILES string of the molecule is CC(C)C1CCCCC1NCC(=O)Nc1cccc(F)c1. The fourth-order valence-electron chi connectivity index (χ4n) is 3.21. The van der Waals surface area contributed by atoms with Crippen molar-refractivity contribution >= 4 is 11.6 Å². The van der Waals surface area contributed by atoms with Gasteiger partial charge in [-0.2, -0.15) is 0 Å². The average Bonchev–Trinajstić information content (AvgIpc) is 2.45. The molecule has 1 saturated carbocycles. The molecule has 2 unspecified atom stereocenters. The lowest BCUT2D eigenvalue weighted by Crippen LogP contribution is -2.44. The minimum absolute atomic E-state index is 0.117. The van der Waals surface area contributed by atoms with E-state index in [9.17, 15) is 9.18 Å². The van der Waals surface area contributed by atoms with Crippen LogP contribution in [0.5, 0.6) is 0 Å². The number of anilines is 1. The highest BCUT2D eigenvalue weighted by Crippen LogP contribution is 2.30. The highest BCUT2D eigenvalue weighted by Gasteiger charge is 2.27. The maximum Gasteiger partial charge on any atom is 0.238 e. The van der Waals surface area contributed by atoms with E-state index in [1.807, 2.05) is 0 Å². The summed E-state index contributed by atoms with van der Waals surface area (Å²) in [4.78, 5) is 11.9. The summed E-state index contributed by atoms with van der Waals surface area (Å²) < 4.78 is 13.1. The van der Waals surface area contributed by atoms with Crippen molar-refractivity contribution in [3.8, 4) is 0 Å². The van der Waals surface area contributed by atoms with Crippen molar-refractivity contribution in [3.63, 3.8) is 0 Å². The molecule has 116 valence electrons. The molecule has 2 atom stereocenters. The van der Waals surface area contributed by atoms with E-state index in [0.717, 1.165) is 6.42 Å². The molecule has 1 aliphatic carbocycles. The van der Waals surface area contributed by atoms with Crippen molar-refractivity contribution < 1.29 is 9.18 Å². The number of carbonyl (C=O) groups excluding carboxylic acids is 1. The molecular weight excluding hydrogens is 267 g/mol. The first kappa shape index (κ1) is 16.0. The van der Waals surface area contributed by atoms with Crippen LogP contribution in [-0.2, 0) is 4.79 Å². The molecule has 0 spiro atoms. The number of hydrogen-bond acceptors (Lipinski definition) is 2. The number of hydrogen-bond donors (Lipinski definition) is 2. The molecule has 1 fully saturated rings. The molecule has 2 rings (SSSR count). The summed E-state index contributed by atoms with van der Waals surface area (Å²) in [7, 11) is 0. The van der Waals surface area contributed by atoms with E-state index in [2.05, 4.69) is 24.5 Å². The van der Waals surface area contributed by atoms with Crippen LogP contribution in [0.15, 0.2) is 24.3 Å². The van der Waals surface area contributed by atoms with E-state index in [4.69, 9.17) is 0 Å². The molecule has 1 aromatic carbocycles. The number of halogens is 1. The van der Waals surface area contributed by atoms with Crippen LogP contribution in [0, 0.1) is 17.7 Å². The first-order valence-corrected chi connectivity index (χ1v) is 7.85. The Kier molecular flexibility index (Phi) is 5.74. The summed E-state index contributed by atoms with van der Waals surface area (Å²) in [6.07, 6.45) is 4.89. The van der Waals surface area contributed by atoms with E-state index >= 15 is 0 Å². The van der Waals surface area contributed by atoms with Gasteiger partial charge in [-0.25, -0.2) is 4.39 Å². The highest BCUT2D eigenvalue weighted by atomic mass is 19.1. The summed E-state index contributed by atoms with van der Waals surface area (Å²) >= 11 is 0. The molecule has 0 aromatic heterocycles. The van der Waals surface area contributed by atoms with Gasteiger partial charge in [-0.05, 0) is 42.9 Å². The van der Waals surface area contributed by atoms with Gasteiger partial charge in [-0.15, -0.1) is 0 Å². The maximum atomic E-state index is 13.1. The summed E-state index contributed by atoms with van der Waals surface area (Å²) in [6.45, 7) is 4.78. The Balaban J connectivity index is 1.82. The molecular formula is C17H25FN2O. The minimum atomic E-state index is -0.340. The monoisotopic (exact) mass is 292 g/mol. The van der Waals surface area contributed by atoms with E-state index in [1.54, 1.807) is 12.1 Å². The average molecular weight is 292 g/mol. The predicted octanol–water partition coefficient (Wildman–Crippen LogP) is 3.57. The van der Waals surface area contributed by atoms with Gasteiger partial charge in [0.15, 0.2) is 0 Å². The largest absolute Gasteiger partial charge is 0.325 e. The molecule has 0 aliphatic heterocycles. The fourth-order valence-corrected chi connectivity index (χ4v) is 3.21. The lowest BCUT2D eigenvalue weighted by Gasteiger charge is -2.35. The van der Waals surface area contributed by atoms with Crippen LogP contribution in [0.4, 0.5) is 10.1 Å². The summed E-state index contributed by atoms with van der Waals surface area (Å²) in [5, 5.41) is 6.11. The Labute approximate surface area is 126 Å². The van der Waals surface area contributed by atoms with Gasteiger partial charge >= 0.3 is 0 Å².